The van der Waals surface area contributed by atoms with Crippen LogP contribution in [0, 0.1) is 0 Å². The van der Waals surface area contributed by atoms with Gasteiger partial charge in [0.05, 0.1) is 165 Å². The highest BCUT2D eigenvalue weighted by molar-refractivity contribution is 4.43. The lowest BCUT2D eigenvalue weighted by Gasteiger charge is -2.10. The Morgan fingerprint density at radius 1 is 0.245 bits per heavy atom. The van der Waals surface area contributed by atoms with Crippen molar-refractivity contribution in [1.82, 2.24) is 4.90 Å². The molecule has 0 heterocycles. The molecule has 0 aromatic heterocycles. The fraction of sp³-hybridized carbons (Fsp3) is 1.00. The standard InChI is InChI=1S/C35H73NO13/c1-4-5-6-7-8-10-37-12-14-39-16-18-41-20-22-43-24-26-45-28-30-47-32-34-49-35-33-48-31-29-46-27-25-44-23-21-42-19-17-40-15-13-38-11-9-36(2)3/h4-35H2,1-3H3. The van der Waals surface area contributed by atoms with Crippen LogP contribution in [0.4, 0.5) is 0 Å². The Labute approximate surface area is 297 Å². The maximum Gasteiger partial charge on any atom is 0.0701 e. The lowest BCUT2D eigenvalue weighted by molar-refractivity contribution is -0.0291. The third kappa shape index (κ3) is 47.4. The van der Waals surface area contributed by atoms with Crippen LogP contribution in [0.1, 0.15) is 39.0 Å². The van der Waals surface area contributed by atoms with Crippen LogP contribution < -0.4 is 0 Å². The van der Waals surface area contributed by atoms with Gasteiger partial charge in [-0.1, -0.05) is 32.6 Å². The van der Waals surface area contributed by atoms with Gasteiger partial charge < -0.3 is 66.5 Å². The number of rotatable bonds is 45. The Balaban J connectivity index is 3.04. The van der Waals surface area contributed by atoms with E-state index in [0.29, 0.717) is 159 Å². The smallest absolute Gasteiger partial charge is 0.0701 e. The van der Waals surface area contributed by atoms with E-state index in [1.54, 1.807) is 0 Å². The van der Waals surface area contributed by atoms with Crippen molar-refractivity contribution >= 4 is 0 Å². The Hall–Kier alpha value is -0.560. The molecule has 296 valence electrons. The van der Waals surface area contributed by atoms with Gasteiger partial charge in [-0.15, -0.1) is 0 Å². The molecule has 0 N–H and O–H groups in total. The maximum atomic E-state index is 5.56. The summed E-state index contributed by atoms with van der Waals surface area (Å²) in [5.74, 6) is 0. The predicted molar refractivity (Wildman–Crippen MR) is 188 cm³/mol. The summed E-state index contributed by atoms with van der Waals surface area (Å²) in [5, 5.41) is 0. The molecule has 0 amide bonds. The van der Waals surface area contributed by atoms with E-state index in [9.17, 15) is 0 Å². The Kier molecular flexibility index (Phi) is 44.9. The van der Waals surface area contributed by atoms with Gasteiger partial charge in [0.1, 0.15) is 0 Å². The minimum atomic E-state index is 0.515. The summed E-state index contributed by atoms with van der Waals surface area (Å²) in [6.07, 6.45) is 6.28. The van der Waals surface area contributed by atoms with E-state index in [-0.39, 0.29) is 0 Å². The summed E-state index contributed by atoms with van der Waals surface area (Å²) in [6, 6.07) is 0. The quantitative estimate of drug-likeness (QED) is 0.0859. The van der Waals surface area contributed by atoms with Crippen molar-refractivity contribution in [2.75, 3.05) is 192 Å². The maximum absolute atomic E-state index is 5.56. The average Bonchev–Trinajstić information content (AvgIpc) is 3.10. The first-order valence-electron chi connectivity index (χ1n) is 18.4. The van der Waals surface area contributed by atoms with Crippen molar-refractivity contribution in [3.63, 3.8) is 0 Å². The highest BCUT2D eigenvalue weighted by Gasteiger charge is 1.97. The molecule has 49 heavy (non-hydrogen) atoms. The topological polar surface area (TPSA) is 123 Å². The number of unbranched alkanes of at least 4 members (excludes halogenated alkanes) is 4. The monoisotopic (exact) mass is 716 g/mol. The van der Waals surface area contributed by atoms with Crippen LogP contribution in [-0.4, -0.2) is 197 Å². The van der Waals surface area contributed by atoms with Crippen molar-refractivity contribution in [2.45, 2.75) is 39.0 Å². The number of nitrogens with zero attached hydrogens (tertiary/aromatic N) is 1. The summed E-state index contributed by atoms with van der Waals surface area (Å²) in [6.45, 7) is 17.7. The summed E-state index contributed by atoms with van der Waals surface area (Å²) >= 11 is 0. The molecule has 0 saturated heterocycles. The van der Waals surface area contributed by atoms with Crippen molar-refractivity contribution in [3.8, 4) is 0 Å². The van der Waals surface area contributed by atoms with Gasteiger partial charge in [-0.2, -0.15) is 0 Å². The molecule has 0 rings (SSSR count). The fourth-order valence-electron chi connectivity index (χ4n) is 3.80. The van der Waals surface area contributed by atoms with Crippen LogP contribution in [0.15, 0.2) is 0 Å². The van der Waals surface area contributed by atoms with Crippen LogP contribution in [0.25, 0.3) is 0 Å². The zero-order valence-corrected chi connectivity index (χ0v) is 31.4. The van der Waals surface area contributed by atoms with E-state index in [2.05, 4.69) is 11.8 Å². The van der Waals surface area contributed by atoms with E-state index >= 15 is 0 Å². The van der Waals surface area contributed by atoms with Gasteiger partial charge in [-0.25, -0.2) is 0 Å². The Morgan fingerprint density at radius 2 is 0.449 bits per heavy atom. The second-order valence-electron chi connectivity index (χ2n) is 11.2. The SMILES string of the molecule is CCCCCCCOCCOCCOCCOCCOCCOCCOCCOCCOCCOCCOCCOCCOCCN(C)C. The van der Waals surface area contributed by atoms with Crippen LogP contribution >= 0.6 is 0 Å². The van der Waals surface area contributed by atoms with Gasteiger partial charge in [0.25, 0.3) is 0 Å². The van der Waals surface area contributed by atoms with Crippen LogP contribution in [0.2, 0.25) is 0 Å². The molecular weight excluding hydrogens is 642 g/mol. The number of hydrogen-bond donors (Lipinski definition) is 0. The first-order chi connectivity index (χ1) is 24.3. The van der Waals surface area contributed by atoms with Crippen LogP contribution in [0.5, 0.6) is 0 Å². The van der Waals surface area contributed by atoms with Gasteiger partial charge in [-0.05, 0) is 20.5 Å². The molecule has 0 radical (unpaired) electrons. The molecule has 0 aliphatic rings. The second kappa shape index (κ2) is 45.5. The van der Waals surface area contributed by atoms with Gasteiger partial charge in [0.2, 0.25) is 0 Å². The zero-order valence-electron chi connectivity index (χ0n) is 31.4. The lowest BCUT2D eigenvalue weighted by atomic mass is 10.2. The molecule has 0 aliphatic heterocycles. The van der Waals surface area contributed by atoms with E-state index in [1.807, 2.05) is 14.1 Å². The third-order valence-corrected chi connectivity index (χ3v) is 6.54. The summed E-state index contributed by atoms with van der Waals surface area (Å²) in [4.78, 5) is 2.08. The summed E-state index contributed by atoms with van der Waals surface area (Å²) < 4.78 is 71.4. The van der Waals surface area contributed by atoms with Crippen molar-refractivity contribution < 1.29 is 61.6 Å². The molecule has 0 aliphatic carbocycles. The molecule has 14 nitrogen and oxygen atoms in total. The first kappa shape index (κ1) is 48.4. The van der Waals surface area contributed by atoms with Crippen molar-refractivity contribution in [3.05, 3.63) is 0 Å². The van der Waals surface area contributed by atoms with Gasteiger partial charge >= 0.3 is 0 Å². The average molecular weight is 716 g/mol. The van der Waals surface area contributed by atoms with E-state index in [4.69, 9.17) is 61.6 Å². The van der Waals surface area contributed by atoms with Gasteiger partial charge in [0.15, 0.2) is 0 Å². The Bertz CT molecular complexity index is 582. The van der Waals surface area contributed by atoms with Crippen molar-refractivity contribution in [1.29, 1.82) is 0 Å². The number of hydrogen-bond acceptors (Lipinski definition) is 14. The van der Waals surface area contributed by atoms with Crippen LogP contribution in [-0.2, 0) is 61.6 Å². The minimum Gasteiger partial charge on any atom is -0.379 e. The fourth-order valence-corrected chi connectivity index (χ4v) is 3.80. The molecule has 14 heteroatoms. The van der Waals surface area contributed by atoms with Crippen LogP contribution in [0.3, 0.4) is 0 Å². The first-order valence-corrected chi connectivity index (χ1v) is 18.4. The largest absolute Gasteiger partial charge is 0.379 e. The van der Waals surface area contributed by atoms with Gasteiger partial charge in [0, 0.05) is 13.2 Å². The molecule has 0 atom stereocenters. The Morgan fingerprint density at radius 3 is 0.673 bits per heavy atom. The summed E-state index contributed by atoms with van der Waals surface area (Å²) in [7, 11) is 4.04. The highest BCUT2D eigenvalue weighted by atomic mass is 16.6. The minimum absolute atomic E-state index is 0.515. The zero-order chi connectivity index (χ0) is 35.4. The molecule has 0 aromatic carbocycles. The molecule has 0 saturated carbocycles. The molecule has 0 spiro atoms. The third-order valence-electron chi connectivity index (χ3n) is 6.54. The second-order valence-corrected chi connectivity index (χ2v) is 11.2. The van der Waals surface area contributed by atoms with E-state index in [1.165, 1.54) is 25.7 Å². The predicted octanol–water partition coefficient (Wildman–Crippen LogP) is 2.73. The molecule has 0 fully saturated rings. The highest BCUT2D eigenvalue weighted by Crippen LogP contribution is 2.02. The van der Waals surface area contributed by atoms with Crippen molar-refractivity contribution in [2.24, 2.45) is 0 Å². The molecule has 0 aromatic rings. The molecule has 0 unspecified atom stereocenters. The lowest BCUT2D eigenvalue weighted by Crippen LogP contribution is -2.19. The number of ether oxygens (including phenoxy) is 13. The van der Waals surface area contributed by atoms with Gasteiger partial charge in [-0.3, -0.25) is 0 Å². The molecular formula is C35H73NO13. The van der Waals surface area contributed by atoms with E-state index in [0.717, 1.165) is 26.2 Å². The molecule has 0 bridgehead atoms. The number of likely N-dealkylation sites (N-methyl/N-ethyl adjacent to an activating group) is 1. The normalized spacial score (nSPS) is 11.8. The summed E-state index contributed by atoms with van der Waals surface area (Å²) in [5.41, 5.74) is 0. The van der Waals surface area contributed by atoms with E-state index < -0.39 is 0 Å².